The lowest BCUT2D eigenvalue weighted by Crippen LogP contribution is -2.50. The first-order valence-corrected chi connectivity index (χ1v) is 7.73. The quantitative estimate of drug-likeness (QED) is 0.775. The number of carbonyl (C=O) groups is 1. The molecule has 0 radical (unpaired) electrons. The second-order valence-electron chi connectivity index (χ2n) is 7.60. The topological polar surface area (TPSA) is 35.5 Å². The van der Waals surface area contributed by atoms with Crippen molar-refractivity contribution in [3.8, 4) is 11.5 Å². The smallest absolute Gasteiger partial charge is 0.170 e. The van der Waals surface area contributed by atoms with Gasteiger partial charge in [-0.2, -0.15) is 0 Å². The van der Waals surface area contributed by atoms with Crippen molar-refractivity contribution in [3.05, 3.63) is 23.8 Å². The van der Waals surface area contributed by atoms with Crippen molar-refractivity contribution in [1.82, 2.24) is 0 Å². The molecule has 1 aromatic carbocycles. The van der Waals surface area contributed by atoms with Crippen LogP contribution in [0.3, 0.4) is 0 Å². The lowest BCUT2D eigenvalue weighted by atomic mass is 9.63. The van der Waals surface area contributed by atoms with Crippen molar-refractivity contribution in [2.45, 2.75) is 52.1 Å². The zero-order chi connectivity index (χ0) is 15.3. The Bertz CT molecular complexity index is 576. The van der Waals surface area contributed by atoms with Crippen LogP contribution in [0.25, 0.3) is 0 Å². The molecule has 0 aromatic heterocycles. The Morgan fingerprint density at radius 2 is 2.05 bits per heavy atom. The summed E-state index contributed by atoms with van der Waals surface area (Å²) in [5.41, 5.74) is 0.573. The number of rotatable bonds is 1. The molecular formula is C18H24O3. The fourth-order valence-corrected chi connectivity index (χ4v) is 4.48. The van der Waals surface area contributed by atoms with Crippen LogP contribution in [0.2, 0.25) is 0 Å². The van der Waals surface area contributed by atoms with Gasteiger partial charge in [-0.25, -0.2) is 0 Å². The summed E-state index contributed by atoms with van der Waals surface area (Å²) in [4.78, 5) is 12.6. The van der Waals surface area contributed by atoms with E-state index >= 15 is 0 Å². The molecule has 1 aliphatic heterocycles. The van der Waals surface area contributed by atoms with Crippen molar-refractivity contribution >= 4 is 5.78 Å². The molecule has 0 N–H and O–H groups in total. The van der Waals surface area contributed by atoms with Crippen LogP contribution in [-0.4, -0.2) is 18.5 Å². The largest absolute Gasteiger partial charge is 0.497 e. The Kier molecular flexibility index (Phi) is 3.27. The van der Waals surface area contributed by atoms with Crippen molar-refractivity contribution in [3.63, 3.8) is 0 Å². The average molecular weight is 288 g/mol. The van der Waals surface area contributed by atoms with Crippen LogP contribution in [0.5, 0.6) is 11.5 Å². The summed E-state index contributed by atoms with van der Waals surface area (Å²) in [6.07, 6.45) is 3.59. The number of ether oxygens (including phenoxy) is 2. The standard InChI is InChI=1S/C18H24O3/c1-12-8-17(2,3)11-18(9-12)10-15(19)14-6-5-13(20-4)7-16(14)21-18/h5-7,12H,8-11H2,1-4H3. The molecule has 0 saturated heterocycles. The van der Waals surface area contributed by atoms with E-state index in [4.69, 9.17) is 9.47 Å². The molecule has 0 amide bonds. The molecule has 1 fully saturated rings. The van der Waals surface area contributed by atoms with Crippen molar-refractivity contribution in [1.29, 1.82) is 0 Å². The molecule has 3 nitrogen and oxygen atoms in total. The third kappa shape index (κ3) is 2.66. The molecule has 3 rings (SSSR count). The zero-order valence-electron chi connectivity index (χ0n) is 13.4. The van der Waals surface area contributed by atoms with E-state index in [0.717, 1.165) is 18.6 Å². The molecule has 1 aliphatic carbocycles. The molecule has 21 heavy (non-hydrogen) atoms. The van der Waals surface area contributed by atoms with Crippen molar-refractivity contribution in [2.75, 3.05) is 7.11 Å². The van der Waals surface area contributed by atoms with E-state index in [2.05, 4.69) is 20.8 Å². The lowest BCUT2D eigenvalue weighted by molar-refractivity contribution is -0.0436. The summed E-state index contributed by atoms with van der Waals surface area (Å²) in [6, 6.07) is 5.49. The van der Waals surface area contributed by atoms with E-state index in [0.29, 0.717) is 23.7 Å². The summed E-state index contributed by atoms with van der Waals surface area (Å²) in [5.74, 6) is 2.20. The van der Waals surface area contributed by atoms with Crippen LogP contribution < -0.4 is 9.47 Å². The fourth-order valence-electron chi connectivity index (χ4n) is 4.48. The van der Waals surface area contributed by atoms with E-state index < -0.39 is 0 Å². The minimum absolute atomic E-state index is 0.198. The summed E-state index contributed by atoms with van der Waals surface area (Å²) >= 11 is 0. The highest BCUT2D eigenvalue weighted by Gasteiger charge is 2.48. The third-order valence-electron chi connectivity index (χ3n) is 4.72. The molecule has 1 heterocycles. The van der Waals surface area contributed by atoms with E-state index in [-0.39, 0.29) is 16.8 Å². The van der Waals surface area contributed by atoms with Gasteiger partial charge in [0.2, 0.25) is 0 Å². The fraction of sp³-hybridized carbons (Fsp3) is 0.611. The van der Waals surface area contributed by atoms with Gasteiger partial charge in [0.1, 0.15) is 17.1 Å². The molecule has 114 valence electrons. The number of carbonyl (C=O) groups excluding carboxylic acids is 1. The number of hydrogen-bond donors (Lipinski definition) is 0. The summed E-state index contributed by atoms with van der Waals surface area (Å²) in [6.45, 7) is 6.82. The van der Waals surface area contributed by atoms with E-state index in [1.807, 2.05) is 18.2 Å². The Hall–Kier alpha value is -1.51. The van der Waals surface area contributed by atoms with E-state index in [1.165, 1.54) is 6.42 Å². The molecular weight excluding hydrogens is 264 g/mol. The van der Waals surface area contributed by atoms with Crippen molar-refractivity contribution in [2.24, 2.45) is 11.3 Å². The third-order valence-corrected chi connectivity index (χ3v) is 4.72. The first kappa shape index (κ1) is 14.4. The van der Waals surface area contributed by atoms with Gasteiger partial charge in [0.05, 0.1) is 19.1 Å². The van der Waals surface area contributed by atoms with Crippen LogP contribution in [0, 0.1) is 11.3 Å². The maximum Gasteiger partial charge on any atom is 0.170 e. The summed E-state index contributed by atoms with van der Waals surface area (Å²) < 4.78 is 11.6. The second kappa shape index (κ2) is 4.75. The molecule has 3 heteroatoms. The number of benzene rings is 1. The van der Waals surface area contributed by atoms with Crippen LogP contribution in [0.1, 0.15) is 56.8 Å². The molecule has 1 spiro atoms. The molecule has 2 unspecified atom stereocenters. The van der Waals surface area contributed by atoms with Gasteiger partial charge in [-0.05, 0) is 42.7 Å². The SMILES string of the molecule is COc1ccc2c(c1)OC1(CC2=O)CC(C)CC(C)(C)C1. The van der Waals surface area contributed by atoms with Crippen molar-refractivity contribution < 1.29 is 14.3 Å². The van der Waals surface area contributed by atoms with Gasteiger partial charge >= 0.3 is 0 Å². The predicted octanol–water partition coefficient (Wildman–Crippen LogP) is 4.25. The lowest BCUT2D eigenvalue weighted by Gasteiger charge is -2.49. The predicted molar refractivity (Wildman–Crippen MR) is 82.1 cm³/mol. The highest BCUT2D eigenvalue weighted by atomic mass is 16.5. The Balaban J connectivity index is 1.98. The second-order valence-corrected chi connectivity index (χ2v) is 7.60. The van der Waals surface area contributed by atoms with Gasteiger partial charge in [0.25, 0.3) is 0 Å². The minimum Gasteiger partial charge on any atom is -0.497 e. The molecule has 0 bridgehead atoms. The van der Waals surface area contributed by atoms with Gasteiger partial charge in [0, 0.05) is 6.07 Å². The normalized spacial score (nSPS) is 30.7. The first-order chi connectivity index (χ1) is 9.82. The Labute approximate surface area is 126 Å². The monoisotopic (exact) mass is 288 g/mol. The maximum absolute atomic E-state index is 12.6. The van der Waals surface area contributed by atoms with Gasteiger partial charge in [-0.15, -0.1) is 0 Å². The number of fused-ring (bicyclic) bond motifs is 1. The van der Waals surface area contributed by atoms with Gasteiger partial charge in [-0.3, -0.25) is 4.79 Å². The summed E-state index contributed by atoms with van der Waals surface area (Å²) in [7, 11) is 1.63. The minimum atomic E-state index is -0.336. The number of methoxy groups -OCH3 is 1. The van der Waals surface area contributed by atoms with Crippen LogP contribution in [0.4, 0.5) is 0 Å². The zero-order valence-corrected chi connectivity index (χ0v) is 13.4. The van der Waals surface area contributed by atoms with Gasteiger partial charge in [0.15, 0.2) is 5.78 Å². The van der Waals surface area contributed by atoms with E-state index in [1.54, 1.807) is 7.11 Å². The molecule has 2 aliphatic rings. The van der Waals surface area contributed by atoms with Gasteiger partial charge in [-0.1, -0.05) is 20.8 Å². The first-order valence-electron chi connectivity index (χ1n) is 7.73. The average Bonchev–Trinajstić information content (AvgIpc) is 2.34. The molecule has 1 aromatic rings. The molecule has 1 saturated carbocycles. The highest BCUT2D eigenvalue weighted by Crippen LogP contribution is 2.50. The van der Waals surface area contributed by atoms with Crippen LogP contribution in [0.15, 0.2) is 18.2 Å². The number of hydrogen-bond acceptors (Lipinski definition) is 3. The van der Waals surface area contributed by atoms with Crippen LogP contribution >= 0.6 is 0 Å². The Morgan fingerprint density at radius 1 is 1.29 bits per heavy atom. The maximum atomic E-state index is 12.6. The Morgan fingerprint density at radius 3 is 2.71 bits per heavy atom. The van der Waals surface area contributed by atoms with E-state index in [9.17, 15) is 4.79 Å². The highest BCUT2D eigenvalue weighted by molar-refractivity contribution is 6.00. The van der Waals surface area contributed by atoms with Gasteiger partial charge < -0.3 is 9.47 Å². The van der Waals surface area contributed by atoms with Crippen LogP contribution in [-0.2, 0) is 0 Å². The number of ketones is 1. The molecule has 2 atom stereocenters. The number of Topliss-reactive ketones (excluding diaryl/α,β-unsaturated/α-hetero) is 1. The summed E-state index contributed by atoms with van der Waals surface area (Å²) in [5, 5.41) is 0.